The normalized spacial score (nSPS) is 27.9. The van der Waals surface area contributed by atoms with Crippen LogP contribution in [0.2, 0.25) is 0 Å². The number of allylic oxidation sites excluding steroid dienone is 1. The second kappa shape index (κ2) is 3.02. The molecule has 1 aliphatic heterocycles. The van der Waals surface area contributed by atoms with Crippen LogP contribution in [0.15, 0.2) is 17.3 Å². The number of nitrogens with zero attached hydrogens (tertiary/aromatic N) is 1. The standard InChI is InChI=1S/C6H8BrN/c7-6-2-1-4-8-5-3-6/h1,4-6H,2-3H2/t6-/m1/s1. The number of aliphatic imine (C=N–C) groups is 1. The van der Waals surface area contributed by atoms with Crippen LogP contribution in [0.25, 0.3) is 0 Å². The second-order valence-corrected chi connectivity index (χ2v) is 3.08. The number of rotatable bonds is 0. The molecule has 1 heterocycles. The first-order valence-corrected chi connectivity index (χ1v) is 3.62. The SMILES string of the molecule is Br[C@@H]1CC=CN=CC1. The van der Waals surface area contributed by atoms with Crippen molar-refractivity contribution < 1.29 is 0 Å². The first kappa shape index (κ1) is 6.02. The highest BCUT2D eigenvalue weighted by molar-refractivity contribution is 9.09. The Morgan fingerprint density at radius 3 is 3.25 bits per heavy atom. The molecule has 0 N–H and O–H groups in total. The van der Waals surface area contributed by atoms with Gasteiger partial charge in [-0.2, -0.15) is 0 Å². The number of hydrogen-bond acceptors (Lipinski definition) is 1. The van der Waals surface area contributed by atoms with Crippen LogP contribution < -0.4 is 0 Å². The monoisotopic (exact) mass is 173 g/mol. The van der Waals surface area contributed by atoms with Gasteiger partial charge in [0, 0.05) is 17.2 Å². The zero-order valence-corrected chi connectivity index (χ0v) is 6.13. The van der Waals surface area contributed by atoms with E-state index < -0.39 is 0 Å². The Morgan fingerprint density at radius 1 is 1.50 bits per heavy atom. The van der Waals surface area contributed by atoms with E-state index in [1.165, 1.54) is 0 Å². The third-order valence-electron chi connectivity index (χ3n) is 1.05. The lowest BCUT2D eigenvalue weighted by Gasteiger charge is -1.96. The van der Waals surface area contributed by atoms with E-state index in [-0.39, 0.29) is 0 Å². The largest absolute Gasteiger partial charge is 0.269 e. The minimum Gasteiger partial charge on any atom is -0.269 e. The summed E-state index contributed by atoms with van der Waals surface area (Å²) >= 11 is 3.50. The van der Waals surface area contributed by atoms with E-state index in [1.807, 2.05) is 12.4 Å². The molecule has 0 aliphatic carbocycles. The topological polar surface area (TPSA) is 12.4 Å². The summed E-state index contributed by atoms with van der Waals surface area (Å²) < 4.78 is 0. The number of hydrogen-bond donors (Lipinski definition) is 0. The maximum absolute atomic E-state index is 3.99. The van der Waals surface area contributed by atoms with Crippen molar-refractivity contribution in [2.75, 3.05) is 0 Å². The third kappa shape index (κ3) is 1.78. The van der Waals surface area contributed by atoms with Gasteiger partial charge >= 0.3 is 0 Å². The molecule has 1 nitrogen and oxygen atoms in total. The summed E-state index contributed by atoms with van der Waals surface area (Å²) in [4.78, 5) is 4.59. The molecule has 0 spiro atoms. The number of halogens is 1. The van der Waals surface area contributed by atoms with E-state index in [4.69, 9.17) is 0 Å². The zero-order chi connectivity index (χ0) is 5.82. The van der Waals surface area contributed by atoms with Crippen LogP contribution in [0.5, 0.6) is 0 Å². The van der Waals surface area contributed by atoms with Gasteiger partial charge in [-0.1, -0.05) is 22.0 Å². The molecule has 0 radical (unpaired) electrons. The molecule has 0 fully saturated rings. The maximum atomic E-state index is 3.99. The molecule has 0 saturated heterocycles. The van der Waals surface area contributed by atoms with Crippen LogP contribution in [-0.2, 0) is 0 Å². The minimum absolute atomic E-state index is 0.602. The summed E-state index contributed by atoms with van der Waals surface area (Å²) in [5.74, 6) is 0. The average Bonchev–Trinajstić information content (AvgIpc) is 1.94. The molecule has 0 amide bonds. The summed E-state index contributed by atoms with van der Waals surface area (Å²) in [6.45, 7) is 0. The van der Waals surface area contributed by atoms with Gasteiger partial charge < -0.3 is 0 Å². The smallest absolute Gasteiger partial charge is 0.0230 e. The van der Waals surface area contributed by atoms with Crippen LogP contribution in [0.1, 0.15) is 12.8 Å². The lowest BCUT2D eigenvalue weighted by molar-refractivity contribution is 0.953. The fourth-order valence-corrected chi connectivity index (χ4v) is 0.985. The Balaban J connectivity index is 2.45. The Hall–Kier alpha value is -0.110. The summed E-state index contributed by atoms with van der Waals surface area (Å²) in [5, 5.41) is 0. The predicted octanol–water partition coefficient (Wildman–Crippen LogP) is 2.13. The van der Waals surface area contributed by atoms with Crippen molar-refractivity contribution in [3.05, 3.63) is 12.3 Å². The Labute approximate surface area is 57.6 Å². The van der Waals surface area contributed by atoms with Crippen LogP contribution in [0.4, 0.5) is 0 Å². The fraction of sp³-hybridized carbons (Fsp3) is 0.500. The van der Waals surface area contributed by atoms with Gasteiger partial charge in [0.25, 0.3) is 0 Å². The van der Waals surface area contributed by atoms with Gasteiger partial charge in [0.2, 0.25) is 0 Å². The molecule has 0 aromatic carbocycles. The minimum atomic E-state index is 0.602. The lowest BCUT2D eigenvalue weighted by Crippen LogP contribution is -1.93. The highest BCUT2D eigenvalue weighted by atomic mass is 79.9. The summed E-state index contributed by atoms with van der Waals surface area (Å²) in [6, 6.07) is 0. The van der Waals surface area contributed by atoms with Crippen molar-refractivity contribution in [2.24, 2.45) is 4.99 Å². The molecule has 0 bridgehead atoms. The van der Waals surface area contributed by atoms with Gasteiger partial charge in [0.1, 0.15) is 0 Å². The van der Waals surface area contributed by atoms with Crippen molar-refractivity contribution in [1.82, 2.24) is 0 Å². The highest BCUT2D eigenvalue weighted by Gasteiger charge is 1.99. The van der Waals surface area contributed by atoms with E-state index in [1.54, 1.807) is 0 Å². The molecular weight excluding hydrogens is 166 g/mol. The van der Waals surface area contributed by atoms with Crippen molar-refractivity contribution >= 4 is 22.1 Å². The summed E-state index contributed by atoms with van der Waals surface area (Å²) in [7, 11) is 0. The van der Waals surface area contributed by atoms with E-state index in [0.717, 1.165) is 12.8 Å². The molecule has 1 rings (SSSR count). The van der Waals surface area contributed by atoms with Gasteiger partial charge in [-0.25, -0.2) is 0 Å². The molecule has 1 aliphatic rings. The molecule has 44 valence electrons. The van der Waals surface area contributed by atoms with E-state index in [2.05, 4.69) is 27.0 Å². The van der Waals surface area contributed by atoms with Crippen molar-refractivity contribution in [3.8, 4) is 0 Å². The van der Waals surface area contributed by atoms with Crippen molar-refractivity contribution in [3.63, 3.8) is 0 Å². The molecule has 0 saturated carbocycles. The Morgan fingerprint density at radius 2 is 2.38 bits per heavy atom. The van der Waals surface area contributed by atoms with Crippen molar-refractivity contribution in [2.45, 2.75) is 17.7 Å². The Kier molecular flexibility index (Phi) is 2.27. The van der Waals surface area contributed by atoms with E-state index in [9.17, 15) is 0 Å². The molecule has 8 heavy (non-hydrogen) atoms. The quantitative estimate of drug-likeness (QED) is 0.499. The van der Waals surface area contributed by atoms with Crippen LogP contribution in [-0.4, -0.2) is 11.0 Å². The third-order valence-corrected chi connectivity index (χ3v) is 1.80. The zero-order valence-electron chi connectivity index (χ0n) is 4.55. The van der Waals surface area contributed by atoms with Gasteiger partial charge in [0.15, 0.2) is 0 Å². The van der Waals surface area contributed by atoms with E-state index in [0.29, 0.717) is 4.83 Å². The average molecular weight is 174 g/mol. The van der Waals surface area contributed by atoms with Crippen LogP contribution in [0.3, 0.4) is 0 Å². The predicted molar refractivity (Wildman–Crippen MR) is 39.6 cm³/mol. The van der Waals surface area contributed by atoms with Crippen LogP contribution in [0, 0.1) is 0 Å². The van der Waals surface area contributed by atoms with Gasteiger partial charge in [-0.15, -0.1) is 0 Å². The molecule has 0 aromatic heterocycles. The first-order chi connectivity index (χ1) is 3.89. The Bertz CT molecular complexity index is 104. The molecule has 0 aromatic rings. The lowest BCUT2D eigenvalue weighted by atomic mass is 10.2. The van der Waals surface area contributed by atoms with E-state index >= 15 is 0 Å². The van der Waals surface area contributed by atoms with Crippen molar-refractivity contribution in [1.29, 1.82) is 0 Å². The van der Waals surface area contributed by atoms with Gasteiger partial charge in [0.05, 0.1) is 0 Å². The fourth-order valence-electron chi connectivity index (χ4n) is 0.602. The van der Waals surface area contributed by atoms with Crippen LogP contribution >= 0.6 is 15.9 Å². The molecule has 2 heteroatoms. The molecule has 1 atom stereocenters. The molecular formula is C6H8BrN. The summed E-state index contributed by atoms with van der Waals surface area (Å²) in [6.07, 6.45) is 8.00. The maximum Gasteiger partial charge on any atom is 0.0230 e. The first-order valence-electron chi connectivity index (χ1n) is 2.70. The number of alkyl halides is 1. The second-order valence-electron chi connectivity index (χ2n) is 1.79. The molecule has 0 unspecified atom stereocenters. The van der Waals surface area contributed by atoms with Gasteiger partial charge in [-0.3, -0.25) is 4.99 Å². The van der Waals surface area contributed by atoms with Gasteiger partial charge in [-0.05, 0) is 12.8 Å². The highest BCUT2D eigenvalue weighted by Crippen LogP contribution is 2.10. The summed E-state index contributed by atoms with van der Waals surface area (Å²) in [5.41, 5.74) is 0.